The van der Waals surface area contributed by atoms with Crippen molar-refractivity contribution in [2.45, 2.75) is 25.8 Å². The third kappa shape index (κ3) is 1.02. The van der Waals surface area contributed by atoms with Gasteiger partial charge in [0.15, 0.2) is 0 Å². The molecule has 0 amide bonds. The van der Waals surface area contributed by atoms with E-state index in [0.29, 0.717) is 11.8 Å². The van der Waals surface area contributed by atoms with Crippen molar-refractivity contribution >= 4 is 11.0 Å². The van der Waals surface area contributed by atoms with E-state index >= 15 is 0 Å². The second kappa shape index (κ2) is 2.50. The number of aromatic nitrogens is 2. The summed E-state index contributed by atoms with van der Waals surface area (Å²) in [5.41, 5.74) is 2.04. The van der Waals surface area contributed by atoms with Crippen LogP contribution in [0.4, 0.5) is 0 Å². The number of hydrogen-bond acceptors (Lipinski definition) is 2. The summed E-state index contributed by atoms with van der Waals surface area (Å²) in [5.74, 6) is 1.37. The molecule has 0 bridgehead atoms. The highest BCUT2D eigenvalue weighted by Gasteiger charge is 2.26. The van der Waals surface area contributed by atoms with E-state index in [9.17, 15) is 5.11 Å². The molecule has 72 valence electrons. The number of phenolic OH excluding ortho intramolecular Hbond substituents is 1. The summed E-state index contributed by atoms with van der Waals surface area (Å²) >= 11 is 0. The maximum atomic E-state index is 9.43. The van der Waals surface area contributed by atoms with E-state index in [0.717, 1.165) is 16.9 Å². The van der Waals surface area contributed by atoms with Crippen LogP contribution in [0.15, 0.2) is 18.2 Å². The highest BCUT2D eigenvalue weighted by Crippen LogP contribution is 2.38. The van der Waals surface area contributed by atoms with Crippen molar-refractivity contribution in [3.63, 3.8) is 0 Å². The standard InChI is InChI=1S/C11H12N2O/c1-7-12-10-5-4-9(14)6-11(10)13(7)8-2-3-8/h4-6,8,14H,2-3H2,1H3. The van der Waals surface area contributed by atoms with Crippen LogP contribution in [0, 0.1) is 6.92 Å². The molecule has 3 nitrogen and oxygen atoms in total. The number of aryl methyl sites for hydroxylation is 1. The first-order valence-electron chi connectivity index (χ1n) is 4.93. The maximum absolute atomic E-state index is 9.43. The fourth-order valence-electron chi connectivity index (χ4n) is 2.00. The quantitative estimate of drug-likeness (QED) is 0.746. The van der Waals surface area contributed by atoms with Crippen molar-refractivity contribution in [2.75, 3.05) is 0 Å². The molecule has 1 N–H and O–H groups in total. The van der Waals surface area contributed by atoms with Gasteiger partial charge in [-0.25, -0.2) is 4.98 Å². The molecule has 0 atom stereocenters. The van der Waals surface area contributed by atoms with Gasteiger partial charge in [0.05, 0.1) is 11.0 Å². The van der Waals surface area contributed by atoms with E-state index in [1.165, 1.54) is 12.8 Å². The fraction of sp³-hybridized carbons (Fsp3) is 0.364. The number of rotatable bonds is 1. The molecule has 1 fully saturated rings. The van der Waals surface area contributed by atoms with E-state index in [1.54, 1.807) is 12.1 Å². The van der Waals surface area contributed by atoms with Crippen LogP contribution in [-0.4, -0.2) is 14.7 Å². The molecular formula is C11H12N2O. The Morgan fingerprint density at radius 3 is 2.93 bits per heavy atom. The van der Waals surface area contributed by atoms with Gasteiger partial charge in [-0.1, -0.05) is 0 Å². The molecule has 1 aliphatic rings. The van der Waals surface area contributed by atoms with Crippen LogP contribution in [0.25, 0.3) is 11.0 Å². The third-order valence-electron chi connectivity index (χ3n) is 2.76. The highest BCUT2D eigenvalue weighted by molar-refractivity contribution is 5.78. The number of nitrogens with zero attached hydrogens (tertiary/aromatic N) is 2. The van der Waals surface area contributed by atoms with E-state index < -0.39 is 0 Å². The minimum absolute atomic E-state index is 0.319. The van der Waals surface area contributed by atoms with Gasteiger partial charge < -0.3 is 9.67 Å². The van der Waals surface area contributed by atoms with Crippen LogP contribution in [0.1, 0.15) is 24.7 Å². The van der Waals surface area contributed by atoms with Gasteiger partial charge in [0.1, 0.15) is 11.6 Å². The Labute approximate surface area is 82.0 Å². The summed E-state index contributed by atoms with van der Waals surface area (Å²) in [7, 11) is 0. The molecule has 14 heavy (non-hydrogen) atoms. The highest BCUT2D eigenvalue weighted by atomic mass is 16.3. The van der Waals surface area contributed by atoms with Crippen molar-refractivity contribution in [1.82, 2.24) is 9.55 Å². The molecular weight excluding hydrogens is 176 g/mol. The monoisotopic (exact) mass is 188 g/mol. The molecule has 1 aromatic carbocycles. The van der Waals surface area contributed by atoms with Gasteiger partial charge in [-0.3, -0.25) is 0 Å². The fourth-order valence-corrected chi connectivity index (χ4v) is 2.00. The van der Waals surface area contributed by atoms with Crippen LogP contribution < -0.4 is 0 Å². The predicted molar refractivity (Wildman–Crippen MR) is 54.4 cm³/mol. The Kier molecular flexibility index (Phi) is 1.40. The van der Waals surface area contributed by atoms with Crippen LogP contribution in [-0.2, 0) is 0 Å². The SMILES string of the molecule is Cc1nc2ccc(O)cc2n1C1CC1. The summed E-state index contributed by atoms with van der Waals surface area (Å²) in [5, 5.41) is 9.43. The summed E-state index contributed by atoms with van der Waals surface area (Å²) in [6.07, 6.45) is 2.48. The van der Waals surface area contributed by atoms with Gasteiger partial charge >= 0.3 is 0 Å². The first-order chi connectivity index (χ1) is 6.75. The Morgan fingerprint density at radius 1 is 1.43 bits per heavy atom. The molecule has 0 spiro atoms. The number of benzene rings is 1. The first kappa shape index (κ1) is 7.85. The van der Waals surface area contributed by atoms with E-state index in [-0.39, 0.29) is 0 Å². The van der Waals surface area contributed by atoms with Gasteiger partial charge in [0.2, 0.25) is 0 Å². The van der Waals surface area contributed by atoms with Gasteiger partial charge in [-0.15, -0.1) is 0 Å². The molecule has 0 radical (unpaired) electrons. The normalized spacial score (nSPS) is 16.4. The van der Waals surface area contributed by atoms with E-state index in [2.05, 4.69) is 9.55 Å². The van der Waals surface area contributed by atoms with Crippen LogP contribution in [0.2, 0.25) is 0 Å². The lowest BCUT2D eigenvalue weighted by molar-refractivity contribution is 0.476. The zero-order valence-electron chi connectivity index (χ0n) is 8.07. The molecule has 1 heterocycles. The average Bonchev–Trinajstić information content (AvgIpc) is 2.90. The van der Waals surface area contributed by atoms with Gasteiger partial charge in [0.25, 0.3) is 0 Å². The maximum Gasteiger partial charge on any atom is 0.117 e. The first-order valence-corrected chi connectivity index (χ1v) is 4.93. The number of aromatic hydroxyl groups is 1. The lowest BCUT2D eigenvalue weighted by Gasteiger charge is -2.03. The van der Waals surface area contributed by atoms with Crippen molar-refractivity contribution in [1.29, 1.82) is 0 Å². The molecule has 0 aliphatic heterocycles. The summed E-state index contributed by atoms with van der Waals surface area (Å²) in [6, 6.07) is 5.97. The summed E-state index contributed by atoms with van der Waals surface area (Å²) in [4.78, 5) is 4.47. The lowest BCUT2D eigenvalue weighted by atomic mass is 10.3. The second-order valence-corrected chi connectivity index (χ2v) is 3.93. The average molecular weight is 188 g/mol. The van der Waals surface area contributed by atoms with Gasteiger partial charge in [-0.2, -0.15) is 0 Å². The minimum atomic E-state index is 0.319. The molecule has 0 saturated heterocycles. The molecule has 3 rings (SSSR count). The minimum Gasteiger partial charge on any atom is -0.508 e. The Morgan fingerprint density at radius 2 is 2.21 bits per heavy atom. The Balaban J connectivity index is 2.34. The van der Waals surface area contributed by atoms with Gasteiger partial charge in [0, 0.05) is 12.1 Å². The summed E-state index contributed by atoms with van der Waals surface area (Å²) < 4.78 is 2.23. The van der Waals surface area contributed by atoms with Crippen molar-refractivity contribution < 1.29 is 5.11 Å². The molecule has 2 aromatic rings. The van der Waals surface area contributed by atoms with Gasteiger partial charge in [-0.05, 0) is 31.9 Å². The number of fused-ring (bicyclic) bond motifs is 1. The molecule has 1 aromatic heterocycles. The van der Waals surface area contributed by atoms with E-state index in [1.807, 2.05) is 13.0 Å². The Bertz CT molecular complexity index is 497. The number of hydrogen-bond donors (Lipinski definition) is 1. The number of phenols is 1. The smallest absolute Gasteiger partial charge is 0.117 e. The van der Waals surface area contributed by atoms with Crippen molar-refractivity contribution in [3.8, 4) is 5.75 Å². The predicted octanol–water partition coefficient (Wildman–Crippen LogP) is 2.39. The molecule has 0 unspecified atom stereocenters. The lowest BCUT2D eigenvalue weighted by Crippen LogP contribution is -1.95. The van der Waals surface area contributed by atoms with Crippen molar-refractivity contribution in [3.05, 3.63) is 24.0 Å². The largest absolute Gasteiger partial charge is 0.508 e. The van der Waals surface area contributed by atoms with Crippen LogP contribution in [0.3, 0.4) is 0 Å². The third-order valence-corrected chi connectivity index (χ3v) is 2.76. The van der Waals surface area contributed by atoms with Crippen LogP contribution in [0.5, 0.6) is 5.75 Å². The topological polar surface area (TPSA) is 38.1 Å². The summed E-state index contributed by atoms with van der Waals surface area (Å²) in [6.45, 7) is 2.02. The number of imidazole rings is 1. The van der Waals surface area contributed by atoms with Crippen molar-refractivity contribution in [2.24, 2.45) is 0 Å². The molecule has 3 heteroatoms. The zero-order chi connectivity index (χ0) is 9.71. The van der Waals surface area contributed by atoms with E-state index in [4.69, 9.17) is 0 Å². The van der Waals surface area contributed by atoms with Crippen LogP contribution >= 0.6 is 0 Å². The molecule has 1 aliphatic carbocycles. The molecule has 1 saturated carbocycles. The zero-order valence-corrected chi connectivity index (χ0v) is 8.07. The Hall–Kier alpha value is -1.51. The second-order valence-electron chi connectivity index (χ2n) is 3.93.